The second kappa shape index (κ2) is 10.3. The maximum absolute atomic E-state index is 2.44. The molecule has 0 radical (unpaired) electrons. The molecule has 0 atom stereocenters. The van der Waals surface area contributed by atoms with Crippen molar-refractivity contribution in [1.82, 2.24) is 0 Å². The monoisotopic (exact) mass is 416 g/mol. The Balaban J connectivity index is 3.13. The Kier molecular flexibility index (Phi) is 9.59. The van der Waals surface area contributed by atoms with Crippen molar-refractivity contribution in [2.24, 2.45) is 0 Å². The Morgan fingerprint density at radius 2 is 1.38 bits per heavy atom. The number of hydrogen-bond donors (Lipinski definition) is 0. The molecule has 0 bridgehead atoms. The molecular formula is C19H36SSn. The van der Waals surface area contributed by atoms with Crippen LogP contribution in [0.15, 0.2) is 11.4 Å². The van der Waals surface area contributed by atoms with Gasteiger partial charge in [0.25, 0.3) is 0 Å². The topological polar surface area (TPSA) is 0 Å². The molecule has 0 aliphatic rings. The van der Waals surface area contributed by atoms with Crippen molar-refractivity contribution < 1.29 is 0 Å². The van der Waals surface area contributed by atoms with E-state index in [0.717, 1.165) is 0 Å². The van der Waals surface area contributed by atoms with Crippen LogP contribution in [0.4, 0.5) is 0 Å². The zero-order valence-corrected chi connectivity index (χ0v) is 18.7. The second-order valence-corrected chi connectivity index (χ2v) is 21.9. The number of unbranched alkanes of at least 4 members (excludes halogenated alkanes) is 3. The van der Waals surface area contributed by atoms with Gasteiger partial charge in [-0.3, -0.25) is 0 Å². The summed E-state index contributed by atoms with van der Waals surface area (Å²) < 4.78 is 6.75. The van der Waals surface area contributed by atoms with E-state index in [1.165, 1.54) is 38.5 Å². The van der Waals surface area contributed by atoms with Crippen LogP contribution in [0.1, 0.15) is 84.6 Å². The third kappa shape index (κ3) is 5.57. The van der Waals surface area contributed by atoms with Crippen LogP contribution in [0.3, 0.4) is 0 Å². The molecule has 1 aromatic rings. The van der Waals surface area contributed by atoms with Crippen molar-refractivity contribution >= 4 is 32.6 Å². The van der Waals surface area contributed by atoms with Crippen molar-refractivity contribution in [3.63, 3.8) is 0 Å². The molecule has 0 nitrogen and oxygen atoms in total. The minimum absolute atomic E-state index is 0.715. The van der Waals surface area contributed by atoms with Gasteiger partial charge in [-0.1, -0.05) is 0 Å². The molecule has 0 aromatic carbocycles. The van der Waals surface area contributed by atoms with Crippen LogP contribution >= 0.6 is 11.3 Å². The molecule has 0 unspecified atom stereocenters. The fourth-order valence-electron chi connectivity index (χ4n) is 3.47. The van der Waals surface area contributed by atoms with Crippen molar-refractivity contribution in [3.8, 4) is 0 Å². The molecule has 0 N–H and O–H groups in total. The van der Waals surface area contributed by atoms with E-state index in [1.54, 1.807) is 18.9 Å². The van der Waals surface area contributed by atoms with Gasteiger partial charge in [0.2, 0.25) is 0 Å². The van der Waals surface area contributed by atoms with E-state index in [4.69, 9.17) is 0 Å². The quantitative estimate of drug-likeness (QED) is 0.344. The predicted molar refractivity (Wildman–Crippen MR) is 103 cm³/mol. The minimum atomic E-state index is -2.16. The Bertz CT molecular complexity index is 359. The van der Waals surface area contributed by atoms with Crippen molar-refractivity contribution in [1.29, 1.82) is 0 Å². The Labute approximate surface area is 141 Å². The molecule has 21 heavy (non-hydrogen) atoms. The molecule has 0 fully saturated rings. The SMILES string of the molecule is CCC[CH2][Sn]([CH2]CCC)([CH2]CCC)[c]1sccc1C(C)C. The number of thiophene rings is 1. The van der Waals surface area contributed by atoms with Crippen LogP contribution in [0.5, 0.6) is 0 Å². The van der Waals surface area contributed by atoms with E-state index in [1.807, 2.05) is 2.89 Å². The molecule has 1 heterocycles. The predicted octanol–water partition coefficient (Wildman–Crippen LogP) is 6.93. The zero-order valence-electron chi connectivity index (χ0n) is 15.0. The standard InChI is InChI=1S/C7H9S.3C4H9.Sn/c1-6(2)7-3-4-8-5-7;3*1-3-4-2;/h3-4,6H,1-2H3;3*1,3-4H2,2H3;. The van der Waals surface area contributed by atoms with Gasteiger partial charge in [-0.05, 0) is 0 Å². The number of rotatable bonds is 11. The summed E-state index contributed by atoms with van der Waals surface area (Å²) in [6.07, 6.45) is 8.54. The van der Waals surface area contributed by atoms with Crippen LogP contribution in [-0.4, -0.2) is 18.4 Å². The average molecular weight is 415 g/mol. The Morgan fingerprint density at radius 1 is 0.905 bits per heavy atom. The molecule has 0 saturated heterocycles. The van der Waals surface area contributed by atoms with Crippen LogP contribution in [0.2, 0.25) is 13.3 Å². The summed E-state index contributed by atoms with van der Waals surface area (Å²) in [5.74, 6) is 0.715. The summed E-state index contributed by atoms with van der Waals surface area (Å²) in [5.41, 5.74) is 1.72. The molecule has 0 spiro atoms. The van der Waals surface area contributed by atoms with E-state index >= 15 is 0 Å². The Hall–Kier alpha value is 0.499. The maximum atomic E-state index is 2.44. The average Bonchev–Trinajstić information content (AvgIpc) is 2.97. The molecule has 1 aromatic heterocycles. The van der Waals surface area contributed by atoms with Crippen LogP contribution in [0.25, 0.3) is 0 Å². The summed E-state index contributed by atoms with van der Waals surface area (Å²) in [6.45, 7) is 11.9. The summed E-state index contributed by atoms with van der Waals surface area (Å²) in [5, 5.41) is 2.39. The first-order valence-corrected chi connectivity index (χ1v) is 17.5. The molecule has 0 saturated carbocycles. The zero-order chi connectivity index (χ0) is 15.7. The van der Waals surface area contributed by atoms with Gasteiger partial charge < -0.3 is 0 Å². The number of hydrogen-bond acceptors (Lipinski definition) is 1. The van der Waals surface area contributed by atoms with Gasteiger partial charge in [-0.25, -0.2) is 0 Å². The summed E-state index contributed by atoms with van der Waals surface area (Å²) >= 11 is -0.0321. The van der Waals surface area contributed by atoms with Gasteiger partial charge in [-0.15, -0.1) is 0 Å². The second-order valence-electron chi connectivity index (χ2n) is 6.95. The van der Waals surface area contributed by atoms with Crippen LogP contribution in [-0.2, 0) is 0 Å². The van der Waals surface area contributed by atoms with E-state index < -0.39 is 18.4 Å². The first-order chi connectivity index (χ1) is 10.1. The van der Waals surface area contributed by atoms with E-state index in [2.05, 4.69) is 57.4 Å². The molecular weight excluding hydrogens is 379 g/mol. The first-order valence-electron chi connectivity index (χ1n) is 9.19. The fourth-order valence-corrected chi connectivity index (χ4v) is 25.0. The molecule has 0 amide bonds. The van der Waals surface area contributed by atoms with Gasteiger partial charge in [0.05, 0.1) is 0 Å². The first kappa shape index (κ1) is 19.5. The Morgan fingerprint density at radius 3 is 1.76 bits per heavy atom. The van der Waals surface area contributed by atoms with Gasteiger partial charge >= 0.3 is 142 Å². The van der Waals surface area contributed by atoms with Crippen molar-refractivity contribution in [2.45, 2.75) is 92.4 Å². The van der Waals surface area contributed by atoms with E-state index in [9.17, 15) is 0 Å². The summed E-state index contributed by atoms with van der Waals surface area (Å²) in [7, 11) is 0. The van der Waals surface area contributed by atoms with Crippen molar-refractivity contribution in [3.05, 3.63) is 17.0 Å². The molecule has 1 rings (SSSR count). The molecule has 2 heteroatoms. The molecule has 122 valence electrons. The van der Waals surface area contributed by atoms with Crippen molar-refractivity contribution in [2.75, 3.05) is 0 Å². The van der Waals surface area contributed by atoms with Gasteiger partial charge in [0, 0.05) is 0 Å². The van der Waals surface area contributed by atoms with Gasteiger partial charge in [0.15, 0.2) is 0 Å². The fraction of sp³-hybridized carbons (Fsp3) is 0.789. The molecule has 0 aliphatic carbocycles. The van der Waals surface area contributed by atoms with E-state index in [-0.39, 0.29) is 0 Å². The van der Waals surface area contributed by atoms with Gasteiger partial charge in [-0.2, -0.15) is 0 Å². The third-order valence-corrected chi connectivity index (χ3v) is 24.3. The summed E-state index contributed by atoms with van der Waals surface area (Å²) in [4.78, 5) is 0. The van der Waals surface area contributed by atoms with Gasteiger partial charge in [0.1, 0.15) is 0 Å². The third-order valence-electron chi connectivity index (χ3n) is 4.83. The van der Waals surface area contributed by atoms with Crippen LogP contribution < -0.4 is 2.89 Å². The molecule has 0 aliphatic heterocycles. The summed E-state index contributed by atoms with van der Waals surface area (Å²) in [6, 6.07) is 2.44. The van der Waals surface area contributed by atoms with E-state index in [0.29, 0.717) is 5.92 Å². The van der Waals surface area contributed by atoms with Crippen LogP contribution in [0, 0.1) is 0 Å². The normalized spacial score (nSPS) is 12.3.